The molecule has 3 nitrogen and oxygen atoms in total. The molecule has 2 rings (SSSR count). The van der Waals surface area contributed by atoms with Crippen molar-refractivity contribution in [2.45, 2.75) is 39.2 Å². The summed E-state index contributed by atoms with van der Waals surface area (Å²) in [4.78, 5) is 14.7. The Bertz CT molecular complexity index is 477. The van der Waals surface area contributed by atoms with Crippen LogP contribution in [0.1, 0.15) is 32.3 Å². The van der Waals surface area contributed by atoms with Crippen molar-refractivity contribution in [3.05, 3.63) is 35.6 Å². The topological polar surface area (TPSA) is 32.3 Å². The third-order valence-corrected chi connectivity index (χ3v) is 4.13. The van der Waals surface area contributed by atoms with Gasteiger partial charge in [0.05, 0.1) is 0 Å². The predicted molar refractivity (Wildman–Crippen MR) is 89.8 cm³/mol. The highest BCUT2D eigenvalue weighted by Crippen LogP contribution is 2.18. The van der Waals surface area contributed by atoms with Gasteiger partial charge in [-0.1, -0.05) is 32.0 Å². The fourth-order valence-electron chi connectivity index (χ4n) is 2.98. The van der Waals surface area contributed by atoms with Crippen LogP contribution in [0.25, 0.3) is 0 Å². The van der Waals surface area contributed by atoms with E-state index in [1.165, 1.54) is 6.07 Å². The fraction of sp³-hybridized carbons (Fsp3) is 0.588. The van der Waals surface area contributed by atoms with Crippen molar-refractivity contribution in [2.24, 2.45) is 5.92 Å². The second-order valence-corrected chi connectivity index (χ2v) is 5.87. The molecule has 1 fully saturated rings. The van der Waals surface area contributed by atoms with Crippen LogP contribution >= 0.6 is 12.4 Å². The highest BCUT2D eigenvalue weighted by molar-refractivity contribution is 5.85. The monoisotopic (exact) mass is 328 g/mol. The Morgan fingerprint density at radius 2 is 2.18 bits per heavy atom. The smallest absolute Gasteiger partial charge is 0.226 e. The molecule has 0 aliphatic carbocycles. The van der Waals surface area contributed by atoms with Gasteiger partial charge in [0, 0.05) is 25.0 Å². The largest absolute Gasteiger partial charge is 0.338 e. The Labute approximate surface area is 138 Å². The molecule has 0 saturated carbocycles. The molecule has 1 aromatic rings. The number of carbonyl (C=O) groups is 1. The lowest BCUT2D eigenvalue weighted by atomic mass is 9.98. The number of halogens is 2. The van der Waals surface area contributed by atoms with Crippen LogP contribution in [0.15, 0.2) is 24.3 Å². The summed E-state index contributed by atoms with van der Waals surface area (Å²) in [6.07, 6.45) is 2.43. The Morgan fingerprint density at radius 3 is 2.77 bits per heavy atom. The zero-order valence-corrected chi connectivity index (χ0v) is 14.2. The van der Waals surface area contributed by atoms with Crippen molar-refractivity contribution in [3.63, 3.8) is 0 Å². The molecule has 1 aliphatic heterocycles. The maximum Gasteiger partial charge on any atom is 0.226 e. The Kier molecular flexibility index (Phi) is 7.83. The number of nitrogens with one attached hydrogen (secondary N) is 1. The summed E-state index contributed by atoms with van der Waals surface area (Å²) in [5.41, 5.74) is 0.624. The quantitative estimate of drug-likeness (QED) is 0.870. The molecule has 1 aromatic carbocycles. The highest BCUT2D eigenvalue weighted by Gasteiger charge is 2.29. The lowest BCUT2D eigenvalue weighted by molar-refractivity contribution is -0.137. The Balaban J connectivity index is 0.00000242. The number of nitrogens with zero attached hydrogens (tertiary/aromatic N) is 1. The maximum absolute atomic E-state index is 13.7. The molecule has 1 aliphatic rings. The van der Waals surface area contributed by atoms with Gasteiger partial charge in [-0.05, 0) is 37.4 Å². The van der Waals surface area contributed by atoms with E-state index >= 15 is 0 Å². The number of hydrogen-bond acceptors (Lipinski definition) is 2. The Hall–Kier alpha value is -1.13. The first kappa shape index (κ1) is 18.9. The average molecular weight is 329 g/mol. The molecule has 2 unspecified atom stereocenters. The van der Waals surface area contributed by atoms with Crippen molar-refractivity contribution < 1.29 is 9.18 Å². The van der Waals surface area contributed by atoms with Gasteiger partial charge in [-0.25, -0.2) is 4.39 Å². The van der Waals surface area contributed by atoms with Crippen molar-refractivity contribution >= 4 is 18.3 Å². The molecule has 1 heterocycles. The van der Waals surface area contributed by atoms with Crippen molar-refractivity contribution in [1.82, 2.24) is 10.2 Å². The number of carbonyl (C=O) groups excluding carboxylic acids is 1. The lowest BCUT2D eigenvalue weighted by Crippen LogP contribution is -2.45. The van der Waals surface area contributed by atoms with E-state index in [0.29, 0.717) is 18.0 Å². The van der Waals surface area contributed by atoms with Crippen LogP contribution in [0.4, 0.5) is 4.39 Å². The molecule has 5 heteroatoms. The van der Waals surface area contributed by atoms with Gasteiger partial charge in [-0.15, -0.1) is 12.4 Å². The SMILES string of the molecule is CCCN(C(=O)C(C)Cc1ccccc1F)C1CCNC1.Cl. The zero-order chi connectivity index (χ0) is 15.2. The van der Waals surface area contributed by atoms with E-state index < -0.39 is 0 Å². The molecule has 0 spiro atoms. The van der Waals surface area contributed by atoms with Crippen LogP contribution < -0.4 is 5.32 Å². The highest BCUT2D eigenvalue weighted by atomic mass is 35.5. The lowest BCUT2D eigenvalue weighted by Gasteiger charge is -2.31. The van der Waals surface area contributed by atoms with E-state index in [9.17, 15) is 9.18 Å². The number of rotatable bonds is 6. The van der Waals surface area contributed by atoms with Crippen LogP contribution in [0.2, 0.25) is 0 Å². The minimum atomic E-state index is -0.221. The first-order valence-corrected chi connectivity index (χ1v) is 7.88. The third kappa shape index (κ3) is 4.68. The summed E-state index contributed by atoms with van der Waals surface area (Å²) in [5, 5.41) is 3.31. The molecule has 0 bridgehead atoms. The summed E-state index contributed by atoms with van der Waals surface area (Å²) in [6.45, 7) is 6.62. The molecule has 124 valence electrons. The van der Waals surface area contributed by atoms with Gasteiger partial charge in [0.2, 0.25) is 5.91 Å². The van der Waals surface area contributed by atoms with Gasteiger partial charge in [0.25, 0.3) is 0 Å². The number of hydrogen-bond donors (Lipinski definition) is 1. The summed E-state index contributed by atoms with van der Waals surface area (Å²) >= 11 is 0. The summed E-state index contributed by atoms with van der Waals surface area (Å²) in [5.74, 6) is -0.260. The molecule has 0 radical (unpaired) electrons. The van der Waals surface area contributed by atoms with Crippen molar-refractivity contribution in [1.29, 1.82) is 0 Å². The average Bonchev–Trinajstić information content (AvgIpc) is 3.00. The fourth-order valence-corrected chi connectivity index (χ4v) is 2.98. The van der Waals surface area contributed by atoms with Crippen LogP contribution in [-0.2, 0) is 11.2 Å². The van der Waals surface area contributed by atoms with Gasteiger partial charge in [-0.2, -0.15) is 0 Å². The zero-order valence-electron chi connectivity index (χ0n) is 13.3. The molecule has 1 saturated heterocycles. The van der Waals surface area contributed by atoms with E-state index in [0.717, 1.165) is 32.5 Å². The summed E-state index contributed by atoms with van der Waals surface area (Å²) in [7, 11) is 0. The molecular weight excluding hydrogens is 303 g/mol. The third-order valence-electron chi connectivity index (χ3n) is 4.13. The number of amides is 1. The summed E-state index contributed by atoms with van der Waals surface area (Å²) in [6, 6.07) is 7.01. The molecule has 1 N–H and O–H groups in total. The van der Waals surface area contributed by atoms with E-state index in [1.54, 1.807) is 12.1 Å². The first-order chi connectivity index (χ1) is 10.1. The molecule has 2 atom stereocenters. The van der Waals surface area contributed by atoms with Gasteiger partial charge in [0.15, 0.2) is 0 Å². The standard InChI is InChI=1S/C17H25FN2O.ClH/c1-3-10-20(15-8-9-19-12-15)17(21)13(2)11-14-6-4-5-7-16(14)18;/h4-7,13,15,19H,3,8-12H2,1-2H3;1H. The predicted octanol–water partition coefficient (Wildman–Crippen LogP) is 3.03. The maximum atomic E-state index is 13.7. The van der Waals surface area contributed by atoms with Crippen LogP contribution in [0.3, 0.4) is 0 Å². The van der Waals surface area contributed by atoms with Crippen LogP contribution in [0, 0.1) is 11.7 Å². The summed E-state index contributed by atoms with van der Waals surface area (Å²) < 4.78 is 13.7. The van der Waals surface area contributed by atoms with E-state index in [2.05, 4.69) is 12.2 Å². The molecule has 1 amide bonds. The Morgan fingerprint density at radius 1 is 1.45 bits per heavy atom. The van der Waals surface area contributed by atoms with Gasteiger partial charge in [0.1, 0.15) is 5.82 Å². The second kappa shape index (κ2) is 9.11. The van der Waals surface area contributed by atoms with Gasteiger partial charge < -0.3 is 10.2 Å². The number of benzene rings is 1. The minimum Gasteiger partial charge on any atom is -0.338 e. The van der Waals surface area contributed by atoms with Crippen LogP contribution in [-0.4, -0.2) is 36.5 Å². The van der Waals surface area contributed by atoms with Crippen molar-refractivity contribution in [2.75, 3.05) is 19.6 Å². The van der Waals surface area contributed by atoms with E-state index in [4.69, 9.17) is 0 Å². The van der Waals surface area contributed by atoms with E-state index in [-0.39, 0.29) is 30.0 Å². The van der Waals surface area contributed by atoms with Crippen LogP contribution in [0.5, 0.6) is 0 Å². The van der Waals surface area contributed by atoms with Gasteiger partial charge in [-0.3, -0.25) is 4.79 Å². The van der Waals surface area contributed by atoms with Gasteiger partial charge >= 0.3 is 0 Å². The molecular formula is C17H26ClFN2O. The normalized spacial score (nSPS) is 18.6. The van der Waals surface area contributed by atoms with E-state index in [1.807, 2.05) is 17.9 Å². The second-order valence-electron chi connectivity index (χ2n) is 5.87. The minimum absolute atomic E-state index is 0. The first-order valence-electron chi connectivity index (χ1n) is 7.88. The van der Waals surface area contributed by atoms with Crippen molar-refractivity contribution in [3.8, 4) is 0 Å². The molecule has 22 heavy (non-hydrogen) atoms. The molecule has 0 aromatic heterocycles.